The van der Waals surface area contributed by atoms with Crippen molar-refractivity contribution in [1.29, 1.82) is 0 Å². The van der Waals surface area contributed by atoms with Gasteiger partial charge in [0.1, 0.15) is 0 Å². The van der Waals surface area contributed by atoms with E-state index in [1.807, 2.05) is 36.1 Å². The summed E-state index contributed by atoms with van der Waals surface area (Å²) in [5.41, 5.74) is 2.02. The van der Waals surface area contributed by atoms with Gasteiger partial charge in [-0.1, -0.05) is 25.1 Å². The molecule has 2 N–H and O–H groups in total. The molecule has 3 rings (SSSR count). The van der Waals surface area contributed by atoms with Crippen molar-refractivity contribution in [2.45, 2.75) is 45.4 Å². The number of benzene rings is 1. The molecule has 0 radical (unpaired) electrons. The number of piperidine rings is 1. The second-order valence-electron chi connectivity index (χ2n) is 7.53. The summed E-state index contributed by atoms with van der Waals surface area (Å²) in [5, 5.41) is 5.88. The Kier molecular flexibility index (Phi) is 6.48. The van der Waals surface area contributed by atoms with Crippen molar-refractivity contribution in [1.82, 2.24) is 10.2 Å². The first-order chi connectivity index (χ1) is 13.1. The zero-order chi connectivity index (χ0) is 19.2. The number of fused-ring (bicyclic) bond motifs is 1. The summed E-state index contributed by atoms with van der Waals surface area (Å²) in [5.74, 6) is 0.0748. The smallest absolute Gasteiger partial charge is 0.227 e. The zero-order valence-electron chi connectivity index (χ0n) is 16.0. The quantitative estimate of drug-likeness (QED) is 0.806. The number of para-hydroxylation sites is 1. The molecule has 2 heterocycles. The van der Waals surface area contributed by atoms with Crippen LogP contribution in [-0.2, 0) is 20.8 Å². The standard InChI is InChI=1S/C21H29N3O3/c1-2-11-22-20(26)15-9-12-24(13-10-15)19(25)8-7-17-14-16-5-3-4-6-18(16)23-21(17)27/h3-6,15,17H,2,7-14H2,1H3,(H,22,26)(H,23,27). The highest BCUT2D eigenvalue weighted by Gasteiger charge is 2.29. The van der Waals surface area contributed by atoms with Gasteiger partial charge in [-0.3, -0.25) is 14.4 Å². The molecule has 1 atom stereocenters. The van der Waals surface area contributed by atoms with Crippen molar-refractivity contribution in [3.05, 3.63) is 29.8 Å². The van der Waals surface area contributed by atoms with E-state index >= 15 is 0 Å². The molecule has 2 aliphatic rings. The molecule has 6 nitrogen and oxygen atoms in total. The Balaban J connectivity index is 1.44. The Hall–Kier alpha value is -2.37. The molecular weight excluding hydrogens is 342 g/mol. The van der Waals surface area contributed by atoms with Gasteiger partial charge in [0.25, 0.3) is 0 Å². The highest BCUT2D eigenvalue weighted by atomic mass is 16.2. The highest BCUT2D eigenvalue weighted by Crippen LogP contribution is 2.28. The van der Waals surface area contributed by atoms with Crippen LogP contribution in [0.2, 0.25) is 0 Å². The molecule has 1 saturated heterocycles. The number of carbonyl (C=O) groups excluding carboxylic acids is 3. The van der Waals surface area contributed by atoms with Crippen LogP contribution in [0, 0.1) is 11.8 Å². The van der Waals surface area contributed by atoms with Gasteiger partial charge >= 0.3 is 0 Å². The molecule has 146 valence electrons. The van der Waals surface area contributed by atoms with E-state index in [0.29, 0.717) is 38.9 Å². The van der Waals surface area contributed by atoms with Crippen molar-refractivity contribution in [3.63, 3.8) is 0 Å². The molecule has 3 amide bonds. The van der Waals surface area contributed by atoms with E-state index in [2.05, 4.69) is 10.6 Å². The number of hydrogen-bond donors (Lipinski definition) is 2. The minimum atomic E-state index is -0.152. The molecule has 2 aliphatic heterocycles. The average Bonchev–Trinajstić information content (AvgIpc) is 2.70. The number of amides is 3. The normalized spacial score (nSPS) is 20.0. The predicted molar refractivity (Wildman–Crippen MR) is 104 cm³/mol. The summed E-state index contributed by atoms with van der Waals surface area (Å²) < 4.78 is 0. The second-order valence-corrected chi connectivity index (χ2v) is 7.53. The van der Waals surface area contributed by atoms with E-state index in [1.165, 1.54) is 0 Å². The van der Waals surface area contributed by atoms with Crippen molar-refractivity contribution < 1.29 is 14.4 Å². The van der Waals surface area contributed by atoms with Gasteiger partial charge in [-0.15, -0.1) is 0 Å². The molecule has 0 spiro atoms. The largest absolute Gasteiger partial charge is 0.356 e. The third-order valence-corrected chi connectivity index (χ3v) is 5.59. The molecule has 1 aromatic carbocycles. The van der Waals surface area contributed by atoms with Crippen molar-refractivity contribution in [2.24, 2.45) is 11.8 Å². The van der Waals surface area contributed by atoms with Crippen molar-refractivity contribution >= 4 is 23.4 Å². The van der Waals surface area contributed by atoms with E-state index in [4.69, 9.17) is 0 Å². The fourth-order valence-corrected chi connectivity index (χ4v) is 3.89. The summed E-state index contributed by atoms with van der Waals surface area (Å²) >= 11 is 0. The molecule has 0 aliphatic carbocycles. The summed E-state index contributed by atoms with van der Waals surface area (Å²) in [6, 6.07) is 7.82. The third-order valence-electron chi connectivity index (χ3n) is 5.59. The van der Waals surface area contributed by atoms with E-state index in [9.17, 15) is 14.4 Å². The summed E-state index contributed by atoms with van der Waals surface area (Å²) in [6.45, 7) is 4.00. The Morgan fingerprint density at radius 2 is 1.96 bits per heavy atom. The van der Waals surface area contributed by atoms with Gasteiger partial charge in [-0.05, 0) is 43.7 Å². The second kappa shape index (κ2) is 9.02. The SMILES string of the molecule is CCCNC(=O)C1CCN(C(=O)CCC2Cc3ccccc3NC2=O)CC1. The Bertz CT molecular complexity index is 696. The van der Waals surface area contributed by atoms with Gasteiger partial charge in [0.05, 0.1) is 0 Å². The van der Waals surface area contributed by atoms with Crippen LogP contribution >= 0.6 is 0 Å². The lowest BCUT2D eigenvalue weighted by Crippen LogP contribution is -2.43. The van der Waals surface area contributed by atoms with Gasteiger partial charge in [0.15, 0.2) is 0 Å². The predicted octanol–water partition coefficient (Wildman–Crippen LogP) is 2.34. The monoisotopic (exact) mass is 371 g/mol. The van der Waals surface area contributed by atoms with Crippen LogP contribution in [0.1, 0.15) is 44.6 Å². The van der Waals surface area contributed by atoms with Crippen LogP contribution in [0.5, 0.6) is 0 Å². The number of carbonyl (C=O) groups is 3. The van der Waals surface area contributed by atoms with Crippen LogP contribution < -0.4 is 10.6 Å². The molecular formula is C21H29N3O3. The number of likely N-dealkylation sites (tertiary alicyclic amines) is 1. The first-order valence-corrected chi connectivity index (χ1v) is 10.0. The maximum atomic E-state index is 12.5. The lowest BCUT2D eigenvalue weighted by atomic mass is 9.89. The van der Waals surface area contributed by atoms with Crippen molar-refractivity contribution in [2.75, 3.05) is 25.0 Å². The lowest BCUT2D eigenvalue weighted by molar-refractivity contribution is -0.136. The number of rotatable bonds is 6. The topological polar surface area (TPSA) is 78.5 Å². The Labute approximate surface area is 160 Å². The van der Waals surface area contributed by atoms with Gasteiger partial charge in [-0.2, -0.15) is 0 Å². The summed E-state index contributed by atoms with van der Waals surface area (Å²) in [7, 11) is 0. The number of anilines is 1. The first kappa shape index (κ1) is 19.4. The molecule has 0 saturated carbocycles. The maximum absolute atomic E-state index is 12.5. The Morgan fingerprint density at radius 3 is 2.70 bits per heavy atom. The average molecular weight is 371 g/mol. The third kappa shape index (κ3) is 4.87. The Morgan fingerprint density at radius 1 is 1.22 bits per heavy atom. The summed E-state index contributed by atoms with van der Waals surface area (Å²) in [6.07, 6.45) is 4.01. The molecule has 6 heteroatoms. The van der Waals surface area contributed by atoms with Crippen LogP contribution in [0.4, 0.5) is 5.69 Å². The fourth-order valence-electron chi connectivity index (χ4n) is 3.89. The van der Waals surface area contributed by atoms with E-state index in [0.717, 1.165) is 30.5 Å². The molecule has 0 aromatic heterocycles. The lowest BCUT2D eigenvalue weighted by Gasteiger charge is -2.32. The van der Waals surface area contributed by atoms with Crippen LogP contribution in [0.25, 0.3) is 0 Å². The van der Waals surface area contributed by atoms with Gasteiger partial charge in [0, 0.05) is 43.6 Å². The fraction of sp³-hybridized carbons (Fsp3) is 0.571. The van der Waals surface area contributed by atoms with Crippen molar-refractivity contribution in [3.8, 4) is 0 Å². The first-order valence-electron chi connectivity index (χ1n) is 10.0. The number of nitrogens with one attached hydrogen (secondary N) is 2. The number of hydrogen-bond acceptors (Lipinski definition) is 3. The molecule has 1 aromatic rings. The van der Waals surface area contributed by atoms with Crippen LogP contribution in [0.3, 0.4) is 0 Å². The maximum Gasteiger partial charge on any atom is 0.227 e. The van der Waals surface area contributed by atoms with Gasteiger partial charge in [-0.25, -0.2) is 0 Å². The van der Waals surface area contributed by atoms with Gasteiger partial charge < -0.3 is 15.5 Å². The van der Waals surface area contributed by atoms with Crippen LogP contribution in [-0.4, -0.2) is 42.3 Å². The highest BCUT2D eigenvalue weighted by molar-refractivity contribution is 5.96. The van der Waals surface area contributed by atoms with E-state index in [1.54, 1.807) is 0 Å². The molecule has 1 unspecified atom stereocenters. The number of nitrogens with zero attached hydrogens (tertiary/aromatic N) is 1. The minimum absolute atomic E-state index is 0.00723. The minimum Gasteiger partial charge on any atom is -0.356 e. The molecule has 0 bridgehead atoms. The summed E-state index contributed by atoms with van der Waals surface area (Å²) in [4.78, 5) is 38.7. The van der Waals surface area contributed by atoms with Gasteiger partial charge in [0.2, 0.25) is 17.7 Å². The van der Waals surface area contributed by atoms with E-state index in [-0.39, 0.29) is 29.6 Å². The van der Waals surface area contributed by atoms with Crippen LogP contribution in [0.15, 0.2) is 24.3 Å². The molecule has 1 fully saturated rings. The molecule has 27 heavy (non-hydrogen) atoms. The van der Waals surface area contributed by atoms with E-state index < -0.39 is 0 Å². The zero-order valence-corrected chi connectivity index (χ0v) is 16.0.